The highest BCUT2D eigenvalue weighted by atomic mass is 16.5. The first kappa shape index (κ1) is 13.0. The number of para-hydroxylation sites is 1. The van der Waals surface area contributed by atoms with Crippen LogP contribution in [-0.4, -0.2) is 22.3 Å². The molecule has 18 heavy (non-hydrogen) atoms. The number of pyridine rings is 1. The van der Waals surface area contributed by atoms with E-state index in [-0.39, 0.29) is 12.2 Å². The second-order valence-corrected chi connectivity index (χ2v) is 5.40. The minimum absolute atomic E-state index is 0.245. The van der Waals surface area contributed by atoms with Crippen LogP contribution in [0, 0.1) is 0 Å². The summed E-state index contributed by atoms with van der Waals surface area (Å²) in [6.07, 6.45) is 1.07. The Morgan fingerprint density at radius 3 is 2.72 bits per heavy atom. The molecule has 0 saturated heterocycles. The Bertz CT molecular complexity index is 531. The second kappa shape index (κ2) is 5.04. The first-order valence-corrected chi connectivity index (χ1v) is 6.12. The molecule has 1 unspecified atom stereocenters. The zero-order valence-corrected chi connectivity index (χ0v) is 11.1. The zero-order chi connectivity index (χ0) is 13.2. The maximum absolute atomic E-state index is 10.1. The summed E-state index contributed by atoms with van der Waals surface area (Å²) in [5.41, 5.74) is 1.48. The van der Waals surface area contributed by atoms with Crippen molar-refractivity contribution in [3.63, 3.8) is 0 Å². The van der Waals surface area contributed by atoms with E-state index in [2.05, 4.69) is 4.98 Å². The summed E-state index contributed by atoms with van der Waals surface area (Å²) in [6, 6.07) is 9.82. The van der Waals surface area contributed by atoms with E-state index in [0.717, 1.165) is 16.5 Å². The molecule has 1 aromatic carbocycles. The van der Waals surface area contributed by atoms with Crippen molar-refractivity contribution in [3.05, 3.63) is 42.1 Å². The SMILES string of the molecule is CC(C)(C)OCC(O)c1cnc2ccccc2c1. The molecular weight excluding hydrogens is 226 g/mol. The first-order valence-electron chi connectivity index (χ1n) is 6.12. The first-order chi connectivity index (χ1) is 8.46. The highest BCUT2D eigenvalue weighted by Crippen LogP contribution is 2.20. The molecule has 3 nitrogen and oxygen atoms in total. The Morgan fingerprint density at radius 2 is 2.00 bits per heavy atom. The number of hydrogen-bond donors (Lipinski definition) is 1. The number of hydrogen-bond acceptors (Lipinski definition) is 3. The van der Waals surface area contributed by atoms with Crippen LogP contribution in [-0.2, 0) is 4.74 Å². The molecule has 2 aromatic rings. The van der Waals surface area contributed by atoms with Gasteiger partial charge < -0.3 is 9.84 Å². The van der Waals surface area contributed by atoms with Crippen LogP contribution in [0.15, 0.2) is 36.5 Å². The molecule has 0 bridgehead atoms. The summed E-state index contributed by atoms with van der Waals surface area (Å²) in [7, 11) is 0. The van der Waals surface area contributed by atoms with E-state index in [1.807, 2.05) is 51.1 Å². The second-order valence-electron chi connectivity index (χ2n) is 5.40. The third kappa shape index (κ3) is 3.28. The van der Waals surface area contributed by atoms with E-state index in [4.69, 9.17) is 4.74 Å². The number of rotatable bonds is 3. The molecule has 2 rings (SSSR count). The molecule has 0 aliphatic heterocycles. The van der Waals surface area contributed by atoms with Gasteiger partial charge in [-0.15, -0.1) is 0 Å². The highest BCUT2D eigenvalue weighted by molar-refractivity contribution is 5.78. The van der Waals surface area contributed by atoms with Crippen molar-refractivity contribution >= 4 is 10.9 Å². The van der Waals surface area contributed by atoms with Gasteiger partial charge in [0, 0.05) is 17.1 Å². The standard InChI is InChI=1S/C15H19NO2/c1-15(2,3)18-10-14(17)12-8-11-6-4-5-7-13(11)16-9-12/h4-9,14,17H,10H2,1-3H3. The molecule has 1 heterocycles. The molecule has 0 aliphatic carbocycles. The van der Waals surface area contributed by atoms with Gasteiger partial charge in [0.2, 0.25) is 0 Å². The smallest absolute Gasteiger partial charge is 0.104 e. The van der Waals surface area contributed by atoms with Gasteiger partial charge in [0.1, 0.15) is 6.10 Å². The normalized spacial score (nSPS) is 13.8. The summed E-state index contributed by atoms with van der Waals surface area (Å²) in [6.45, 7) is 6.19. The molecule has 0 aliphatic rings. The molecule has 0 amide bonds. The van der Waals surface area contributed by atoms with Crippen molar-refractivity contribution in [2.45, 2.75) is 32.5 Å². The van der Waals surface area contributed by atoms with Gasteiger partial charge >= 0.3 is 0 Å². The fourth-order valence-electron chi connectivity index (χ4n) is 1.70. The highest BCUT2D eigenvalue weighted by Gasteiger charge is 2.15. The predicted molar refractivity (Wildman–Crippen MR) is 72.4 cm³/mol. The average molecular weight is 245 g/mol. The van der Waals surface area contributed by atoms with Gasteiger partial charge in [-0.05, 0) is 32.9 Å². The molecule has 0 fully saturated rings. The Labute approximate surface area is 107 Å². The van der Waals surface area contributed by atoms with Crippen LogP contribution in [0.1, 0.15) is 32.4 Å². The van der Waals surface area contributed by atoms with Crippen LogP contribution in [0.3, 0.4) is 0 Å². The molecule has 1 N–H and O–H groups in total. The van der Waals surface area contributed by atoms with E-state index in [1.165, 1.54) is 0 Å². The Hall–Kier alpha value is -1.45. The van der Waals surface area contributed by atoms with E-state index in [1.54, 1.807) is 6.20 Å². The predicted octanol–water partition coefficient (Wildman–Crippen LogP) is 3.08. The Kier molecular flexibility index (Phi) is 3.64. The number of benzene rings is 1. The maximum atomic E-state index is 10.1. The summed E-state index contributed by atoms with van der Waals surface area (Å²) >= 11 is 0. The number of fused-ring (bicyclic) bond motifs is 1. The van der Waals surface area contributed by atoms with Crippen LogP contribution in [0.2, 0.25) is 0 Å². The zero-order valence-electron chi connectivity index (χ0n) is 11.1. The van der Waals surface area contributed by atoms with Crippen molar-refractivity contribution < 1.29 is 9.84 Å². The fraction of sp³-hybridized carbons (Fsp3) is 0.400. The number of nitrogens with zero attached hydrogens (tertiary/aromatic N) is 1. The number of aromatic nitrogens is 1. The van der Waals surface area contributed by atoms with Crippen molar-refractivity contribution in [1.82, 2.24) is 4.98 Å². The van der Waals surface area contributed by atoms with Crippen molar-refractivity contribution in [3.8, 4) is 0 Å². The largest absolute Gasteiger partial charge is 0.386 e. The molecule has 0 spiro atoms. The van der Waals surface area contributed by atoms with Crippen LogP contribution in [0.4, 0.5) is 0 Å². The number of aliphatic hydroxyl groups is 1. The molecule has 96 valence electrons. The van der Waals surface area contributed by atoms with Crippen LogP contribution < -0.4 is 0 Å². The van der Waals surface area contributed by atoms with Gasteiger partial charge in [-0.2, -0.15) is 0 Å². The van der Waals surface area contributed by atoms with Gasteiger partial charge in [0.25, 0.3) is 0 Å². The number of aliphatic hydroxyl groups excluding tert-OH is 1. The lowest BCUT2D eigenvalue weighted by Gasteiger charge is -2.22. The minimum Gasteiger partial charge on any atom is -0.386 e. The van der Waals surface area contributed by atoms with Gasteiger partial charge in [-0.3, -0.25) is 4.98 Å². The fourth-order valence-corrected chi connectivity index (χ4v) is 1.70. The topological polar surface area (TPSA) is 42.4 Å². The summed E-state index contributed by atoms with van der Waals surface area (Å²) in [5.74, 6) is 0. The summed E-state index contributed by atoms with van der Waals surface area (Å²) < 4.78 is 5.58. The molecule has 1 aromatic heterocycles. The summed E-state index contributed by atoms with van der Waals surface area (Å²) in [4.78, 5) is 4.33. The monoisotopic (exact) mass is 245 g/mol. The average Bonchev–Trinajstić information content (AvgIpc) is 2.34. The molecule has 0 radical (unpaired) electrons. The van der Waals surface area contributed by atoms with Crippen molar-refractivity contribution in [2.24, 2.45) is 0 Å². The van der Waals surface area contributed by atoms with E-state index >= 15 is 0 Å². The van der Waals surface area contributed by atoms with E-state index < -0.39 is 6.10 Å². The Balaban J connectivity index is 2.15. The minimum atomic E-state index is -0.638. The number of ether oxygens (including phenoxy) is 1. The quantitative estimate of drug-likeness (QED) is 0.903. The van der Waals surface area contributed by atoms with Crippen LogP contribution in [0.25, 0.3) is 10.9 Å². The molecule has 1 atom stereocenters. The van der Waals surface area contributed by atoms with Gasteiger partial charge in [0.15, 0.2) is 0 Å². The van der Waals surface area contributed by atoms with E-state index in [9.17, 15) is 5.11 Å². The van der Waals surface area contributed by atoms with Crippen LogP contribution in [0.5, 0.6) is 0 Å². The maximum Gasteiger partial charge on any atom is 0.104 e. The van der Waals surface area contributed by atoms with E-state index in [0.29, 0.717) is 0 Å². The Morgan fingerprint density at radius 1 is 1.28 bits per heavy atom. The summed E-state index contributed by atoms with van der Waals surface area (Å²) in [5, 5.41) is 11.1. The van der Waals surface area contributed by atoms with Crippen molar-refractivity contribution in [2.75, 3.05) is 6.61 Å². The van der Waals surface area contributed by atoms with Crippen molar-refractivity contribution in [1.29, 1.82) is 0 Å². The third-order valence-electron chi connectivity index (χ3n) is 2.67. The molecular formula is C15H19NO2. The van der Waals surface area contributed by atoms with Crippen LogP contribution >= 0.6 is 0 Å². The molecule has 0 saturated carbocycles. The van der Waals surface area contributed by atoms with Gasteiger partial charge in [-0.25, -0.2) is 0 Å². The van der Waals surface area contributed by atoms with Gasteiger partial charge in [0.05, 0.1) is 17.7 Å². The third-order valence-corrected chi connectivity index (χ3v) is 2.67. The molecule has 3 heteroatoms. The lowest BCUT2D eigenvalue weighted by Crippen LogP contribution is -2.22. The lowest BCUT2D eigenvalue weighted by atomic mass is 10.1. The van der Waals surface area contributed by atoms with Gasteiger partial charge in [-0.1, -0.05) is 18.2 Å². The lowest BCUT2D eigenvalue weighted by molar-refractivity contribution is -0.0496.